The van der Waals surface area contributed by atoms with E-state index in [1.165, 1.54) is 6.07 Å². The lowest BCUT2D eigenvalue weighted by Gasteiger charge is -2.09. The summed E-state index contributed by atoms with van der Waals surface area (Å²) in [6.45, 7) is 3.93. The Kier molecular flexibility index (Phi) is 6.17. The lowest BCUT2D eigenvalue weighted by atomic mass is 10.1. The average Bonchev–Trinajstić information content (AvgIpc) is 2.56. The molecule has 0 aliphatic carbocycles. The predicted molar refractivity (Wildman–Crippen MR) is 97.1 cm³/mol. The van der Waals surface area contributed by atoms with Crippen LogP contribution in [0.15, 0.2) is 47.4 Å². The third-order valence-electron chi connectivity index (χ3n) is 3.84. The molecular formula is C18H22N2O4S. The van der Waals surface area contributed by atoms with E-state index < -0.39 is 10.0 Å². The molecule has 1 amide bonds. The number of carbonyl (C=O) groups is 1. The minimum absolute atomic E-state index is 0.00806. The first-order valence-corrected chi connectivity index (χ1v) is 9.42. The number of nitrogens with one attached hydrogen (secondary N) is 2. The highest BCUT2D eigenvalue weighted by molar-refractivity contribution is 7.89. The number of amides is 1. The fourth-order valence-corrected chi connectivity index (χ4v) is 3.37. The molecule has 0 radical (unpaired) electrons. The van der Waals surface area contributed by atoms with Gasteiger partial charge in [-0.25, -0.2) is 13.1 Å². The van der Waals surface area contributed by atoms with Crippen LogP contribution in [0.25, 0.3) is 0 Å². The van der Waals surface area contributed by atoms with Crippen molar-refractivity contribution >= 4 is 21.6 Å². The molecule has 0 aliphatic rings. The van der Waals surface area contributed by atoms with Crippen LogP contribution >= 0.6 is 0 Å². The Balaban J connectivity index is 1.83. The van der Waals surface area contributed by atoms with Gasteiger partial charge in [-0.1, -0.05) is 18.2 Å². The summed E-state index contributed by atoms with van der Waals surface area (Å²) in [5, 5.41) is 12.2. The van der Waals surface area contributed by atoms with Gasteiger partial charge in [-0.05, 0) is 55.7 Å². The molecule has 0 bridgehead atoms. The SMILES string of the molecule is Cc1ccc(S(=O)(=O)NCCCC(=O)Nc2ccccc2O)cc1C. The van der Waals surface area contributed by atoms with Crippen LogP contribution in [0.5, 0.6) is 5.75 Å². The minimum atomic E-state index is -3.58. The molecule has 0 saturated heterocycles. The molecule has 2 rings (SSSR count). The van der Waals surface area contributed by atoms with Gasteiger partial charge in [-0.15, -0.1) is 0 Å². The van der Waals surface area contributed by atoms with Crippen LogP contribution in [0.2, 0.25) is 0 Å². The highest BCUT2D eigenvalue weighted by Crippen LogP contribution is 2.21. The molecule has 0 spiro atoms. The molecule has 0 saturated carbocycles. The lowest BCUT2D eigenvalue weighted by Crippen LogP contribution is -2.26. The van der Waals surface area contributed by atoms with Gasteiger partial charge in [0.25, 0.3) is 0 Å². The standard InChI is InChI=1S/C18H22N2O4S/c1-13-9-10-15(12-14(13)2)25(23,24)19-11-5-8-18(22)20-16-6-3-4-7-17(16)21/h3-4,6-7,9-10,12,19,21H,5,8,11H2,1-2H3,(H,20,22). The van der Waals surface area contributed by atoms with E-state index in [9.17, 15) is 18.3 Å². The number of carbonyl (C=O) groups excluding carboxylic acids is 1. The number of aryl methyl sites for hydroxylation is 2. The highest BCUT2D eigenvalue weighted by Gasteiger charge is 2.14. The first kappa shape index (κ1) is 19.0. The van der Waals surface area contributed by atoms with E-state index in [1.807, 2.05) is 13.8 Å². The van der Waals surface area contributed by atoms with Gasteiger partial charge in [-0.2, -0.15) is 0 Å². The quantitative estimate of drug-likeness (QED) is 0.521. The molecule has 0 aliphatic heterocycles. The van der Waals surface area contributed by atoms with Crippen LogP contribution in [0.3, 0.4) is 0 Å². The first-order chi connectivity index (χ1) is 11.8. The second kappa shape index (κ2) is 8.13. The molecule has 2 aromatic rings. The van der Waals surface area contributed by atoms with Gasteiger partial charge in [0, 0.05) is 13.0 Å². The van der Waals surface area contributed by atoms with Crippen LogP contribution in [0.1, 0.15) is 24.0 Å². The van der Waals surface area contributed by atoms with Gasteiger partial charge < -0.3 is 10.4 Å². The van der Waals surface area contributed by atoms with E-state index in [1.54, 1.807) is 36.4 Å². The maximum Gasteiger partial charge on any atom is 0.240 e. The third-order valence-corrected chi connectivity index (χ3v) is 5.30. The van der Waals surface area contributed by atoms with Crippen LogP contribution < -0.4 is 10.0 Å². The fourth-order valence-electron chi connectivity index (χ4n) is 2.21. The first-order valence-electron chi connectivity index (χ1n) is 7.94. The van der Waals surface area contributed by atoms with Gasteiger partial charge >= 0.3 is 0 Å². The summed E-state index contributed by atoms with van der Waals surface area (Å²) in [5.41, 5.74) is 2.27. The summed E-state index contributed by atoms with van der Waals surface area (Å²) in [7, 11) is -3.58. The Labute approximate surface area is 147 Å². The Morgan fingerprint density at radius 1 is 1.08 bits per heavy atom. The van der Waals surface area contributed by atoms with Crippen LogP contribution in [0, 0.1) is 13.8 Å². The van der Waals surface area contributed by atoms with E-state index in [0.717, 1.165) is 11.1 Å². The Hall–Kier alpha value is -2.38. The predicted octanol–water partition coefficient (Wildman–Crippen LogP) is 2.71. The molecular weight excluding hydrogens is 340 g/mol. The Bertz CT molecular complexity index is 863. The number of anilines is 1. The van der Waals surface area contributed by atoms with E-state index in [-0.39, 0.29) is 29.5 Å². The van der Waals surface area contributed by atoms with Gasteiger partial charge in [0.15, 0.2) is 0 Å². The molecule has 0 atom stereocenters. The molecule has 2 aromatic carbocycles. The third kappa shape index (κ3) is 5.30. The second-order valence-corrected chi connectivity index (χ2v) is 7.58. The monoisotopic (exact) mass is 362 g/mol. The number of phenols is 1. The zero-order chi connectivity index (χ0) is 18.4. The van der Waals surface area contributed by atoms with E-state index >= 15 is 0 Å². The van der Waals surface area contributed by atoms with Crippen molar-refractivity contribution < 1.29 is 18.3 Å². The minimum Gasteiger partial charge on any atom is -0.506 e. The summed E-state index contributed by atoms with van der Waals surface area (Å²) in [6.07, 6.45) is 0.493. The van der Waals surface area contributed by atoms with Gasteiger partial charge in [0.05, 0.1) is 10.6 Å². The van der Waals surface area contributed by atoms with Crippen molar-refractivity contribution in [2.45, 2.75) is 31.6 Å². The summed E-state index contributed by atoms with van der Waals surface area (Å²) < 4.78 is 27.0. The number of aromatic hydroxyl groups is 1. The molecule has 6 nitrogen and oxygen atoms in total. The van der Waals surface area contributed by atoms with Crippen molar-refractivity contribution in [3.63, 3.8) is 0 Å². The van der Waals surface area contributed by atoms with Crippen molar-refractivity contribution in [1.29, 1.82) is 0 Å². The molecule has 0 aromatic heterocycles. The molecule has 0 unspecified atom stereocenters. The number of phenolic OH excluding ortho intramolecular Hbond substituents is 1. The number of benzene rings is 2. The number of rotatable bonds is 7. The number of hydrogen-bond acceptors (Lipinski definition) is 4. The van der Waals surface area contributed by atoms with Crippen molar-refractivity contribution in [1.82, 2.24) is 4.72 Å². The number of para-hydroxylation sites is 2. The van der Waals surface area contributed by atoms with Crippen LogP contribution in [-0.4, -0.2) is 26.0 Å². The highest BCUT2D eigenvalue weighted by atomic mass is 32.2. The summed E-state index contributed by atoms with van der Waals surface area (Å²) in [6, 6.07) is 11.4. The lowest BCUT2D eigenvalue weighted by molar-refractivity contribution is -0.116. The van der Waals surface area contributed by atoms with Gasteiger partial charge in [-0.3, -0.25) is 4.79 Å². The fraction of sp³-hybridized carbons (Fsp3) is 0.278. The van der Waals surface area contributed by atoms with Crippen molar-refractivity contribution in [2.75, 3.05) is 11.9 Å². The second-order valence-electron chi connectivity index (χ2n) is 5.81. The topological polar surface area (TPSA) is 95.5 Å². The zero-order valence-corrected chi connectivity index (χ0v) is 15.1. The van der Waals surface area contributed by atoms with Crippen molar-refractivity contribution in [3.8, 4) is 5.75 Å². The molecule has 25 heavy (non-hydrogen) atoms. The zero-order valence-electron chi connectivity index (χ0n) is 14.2. The average molecular weight is 362 g/mol. The van der Waals surface area contributed by atoms with E-state index in [4.69, 9.17) is 0 Å². The maximum absolute atomic E-state index is 12.2. The van der Waals surface area contributed by atoms with Gasteiger partial charge in [0.2, 0.25) is 15.9 Å². The Morgan fingerprint density at radius 2 is 1.80 bits per heavy atom. The van der Waals surface area contributed by atoms with Crippen molar-refractivity contribution in [2.24, 2.45) is 0 Å². The molecule has 0 heterocycles. The maximum atomic E-state index is 12.2. The molecule has 7 heteroatoms. The summed E-state index contributed by atoms with van der Waals surface area (Å²) in [4.78, 5) is 12.1. The van der Waals surface area contributed by atoms with Crippen molar-refractivity contribution in [3.05, 3.63) is 53.6 Å². The molecule has 0 fully saturated rings. The van der Waals surface area contributed by atoms with Gasteiger partial charge in [0.1, 0.15) is 5.75 Å². The molecule has 3 N–H and O–H groups in total. The summed E-state index contributed by atoms with van der Waals surface area (Å²) in [5.74, 6) is -0.293. The number of hydrogen-bond donors (Lipinski definition) is 3. The van der Waals surface area contributed by atoms with E-state index in [2.05, 4.69) is 10.0 Å². The smallest absolute Gasteiger partial charge is 0.240 e. The largest absolute Gasteiger partial charge is 0.506 e. The summed E-state index contributed by atoms with van der Waals surface area (Å²) >= 11 is 0. The van der Waals surface area contributed by atoms with Crippen LogP contribution in [-0.2, 0) is 14.8 Å². The Morgan fingerprint density at radius 3 is 2.48 bits per heavy atom. The van der Waals surface area contributed by atoms with Crippen LogP contribution in [0.4, 0.5) is 5.69 Å². The normalized spacial score (nSPS) is 11.3. The van der Waals surface area contributed by atoms with E-state index in [0.29, 0.717) is 12.1 Å². The number of sulfonamides is 1. The molecule has 134 valence electrons.